The SMILES string of the molecule is CC(Cc1ccc2c(c1)CCO2)NC(=O)Nc1ccccc1. The van der Waals surface area contributed by atoms with Crippen molar-refractivity contribution in [3.63, 3.8) is 0 Å². The summed E-state index contributed by atoms with van der Waals surface area (Å²) in [7, 11) is 0. The molecule has 0 fully saturated rings. The fourth-order valence-electron chi connectivity index (χ4n) is 2.68. The normalized spacial score (nSPS) is 13.9. The van der Waals surface area contributed by atoms with E-state index in [0.29, 0.717) is 0 Å². The number of nitrogens with one attached hydrogen (secondary N) is 2. The summed E-state index contributed by atoms with van der Waals surface area (Å²) < 4.78 is 5.51. The minimum atomic E-state index is -0.178. The largest absolute Gasteiger partial charge is 0.493 e. The van der Waals surface area contributed by atoms with Crippen molar-refractivity contribution >= 4 is 11.7 Å². The van der Waals surface area contributed by atoms with Gasteiger partial charge in [0.1, 0.15) is 5.75 Å². The molecule has 0 saturated heterocycles. The Kier molecular flexibility index (Phi) is 4.28. The third-order valence-electron chi connectivity index (χ3n) is 3.70. The van der Waals surface area contributed by atoms with Gasteiger partial charge in [-0.2, -0.15) is 0 Å². The second-order valence-electron chi connectivity index (χ2n) is 5.61. The number of anilines is 1. The van der Waals surface area contributed by atoms with Gasteiger partial charge in [0.25, 0.3) is 0 Å². The van der Waals surface area contributed by atoms with Crippen LogP contribution in [0.1, 0.15) is 18.1 Å². The van der Waals surface area contributed by atoms with Crippen LogP contribution in [-0.2, 0) is 12.8 Å². The van der Waals surface area contributed by atoms with E-state index in [1.807, 2.05) is 43.3 Å². The Morgan fingerprint density at radius 1 is 1.23 bits per heavy atom. The van der Waals surface area contributed by atoms with Gasteiger partial charge in [-0.05, 0) is 42.7 Å². The van der Waals surface area contributed by atoms with E-state index in [-0.39, 0.29) is 12.1 Å². The van der Waals surface area contributed by atoms with Crippen LogP contribution in [0.5, 0.6) is 5.75 Å². The van der Waals surface area contributed by atoms with Crippen molar-refractivity contribution in [2.24, 2.45) is 0 Å². The van der Waals surface area contributed by atoms with Gasteiger partial charge < -0.3 is 15.4 Å². The molecular weight excluding hydrogens is 276 g/mol. The Hall–Kier alpha value is -2.49. The molecule has 1 aliphatic rings. The maximum absolute atomic E-state index is 12.0. The Morgan fingerprint density at radius 2 is 2.05 bits per heavy atom. The molecule has 4 nitrogen and oxygen atoms in total. The molecule has 4 heteroatoms. The van der Waals surface area contributed by atoms with Crippen LogP contribution < -0.4 is 15.4 Å². The molecule has 114 valence electrons. The van der Waals surface area contributed by atoms with Gasteiger partial charge in [0.2, 0.25) is 0 Å². The van der Waals surface area contributed by atoms with Gasteiger partial charge in [-0.3, -0.25) is 0 Å². The van der Waals surface area contributed by atoms with Gasteiger partial charge in [-0.1, -0.05) is 30.3 Å². The molecule has 0 saturated carbocycles. The fraction of sp³-hybridized carbons (Fsp3) is 0.278. The van der Waals surface area contributed by atoms with Crippen LogP contribution >= 0.6 is 0 Å². The van der Waals surface area contributed by atoms with Gasteiger partial charge in [0.15, 0.2) is 0 Å². The first kappa shape index (κ1) is 14.4. The maximum Gasteiger partial charge on any atom is 0.319 e. The number of urea groups is 1. The van der Waals surface area contributed by atoms with Crippen molar-refractivity contribution in [2.75, 3.05) is 11.9 Å². The van der Waals surface area contributed by atoms with E-state index >= 15 is 0 Å². The van der Waals surface area contributed by atoms with Crippen LogP contribution in [0.25, 0.3) is 0 Å². The third kappa shape index (κ3) is 3.58. The first-order valence-corrected chi connectivity index (χ1v) is 7.58. The lowest BCUT2D eigenvalue weighted by atomic mass is 10.0. The molecule has 1 heterocycles. The summed E-state index contributed by atoms with van der Waals surface area (Å²) in [5.74, 6) is 0.992. The lowest BCUT2D eigenvalue weighted by Gasteiger charge is -2.15. The molecule has 1 aliphatic heterocycles. The molecule has 0 aliphatic carbocycles. The smallest absolute Gasteiger partial charge is 0.319 e. The summed E-state index contributed by atoms with van der Waals surface area (Å²) in [6, 6.07) is 15.6. The van der Waals surface area contributed by atoms with Crippen LogP contribution in [0.15, 0.2) is 48.5 Å². The van der Waals surface area contributed by atoms with Crippen LogP contribution in [0.2, 0.25) is 0 Å². The highest BCUT2D eigenvalue weighted by Gasteiger charge is 2.14. The van der Waals surface area contributed by atoms with Crippen molar-refractivity contribution in [3.8, 4) is 5.75 Å². The molecule has 1 atom stereocenters. The predicted molar refractivity (Wildman–Crippen MR) is 87.4 cm³/mol. The quantitative estimate of drug-likeness (QED) is 0.909. The number of ether oxygens (including phenoxy) is 1. The van der Waals surface area contributed by atoms with Crippen molar-refractivity contribution in [1.29, 1.82) is 0 Å². The number of benzene rings is 2. The second-order valence-corrected chi connectivity index (χ2v) is 5.61. The van der Waals surface area contributed by atoms with E-state index < -0.39 is 0 Å². The topological polar surface area (TPSA) is 50.4 Å². The summed E-state index contributed by atoms with van der Waals surface area (Å²) in [4.78, 5) is 12.0. The number of amides is 2. The maximum atomic E-state index is 12.0. The number of fused-ring (bicyclic) bond motifs is 1. The van der Waals surface area contributed by atoms with Gasteiger partial charge in [0.05, 0.1) is 6.61 Å². The highest BCUT2D eigenvalue weighted by Crippen LogP contribution is 2.26. The average molecular weight is 296 g/mol. The molecule has 0 spiro atoms. The van der Waals surface area contributed by atoms with Gasteiger partial charge >= 0.3 is 6.03 Å². The molecule has 2 N–H and O–H groups in total. The Labute approximate surface area is 130 Å². The summed E-state index contributed by atoms with van der Waals surface area (Å²) in [6.45, 7) is 2.78. The highest BCUT2D eigenvalue weighted by atomic mass is 16.5. The van der Waals surface area contributed by atoms with E-state index in [0.717, 1.165) is 30.9 Å². The minimum Gasteiger partial charge on any atom is -0.493 e. The first-order valence-electron chi connectivity index (χ1n) is 7.58. The van der Waals surface area contributed by atoms with Crippen LogP contribution in [0, 0.1) is 0 Å². The molecule has 0 aromatic heterocycles. The van der Waals surface area contributed by atoms with Crippen molar-refractivity contribution in [3.05, 3.63) is 59.7 Å². The average Bonchev–Trinajstić information content (AvgIpc) is 2.95. The summed E-state index contributed by atoms with van der Waals surface area (Å²) in [5.41, 5.74) is 3.28. The number of carbonyl (C=O) groups is 1. The second kappa shape index (κ2) is 6.52. The highest BCUT2D eigenvalue weighted by molar-refractivity contribution is 5.89. The number of carbonyl (C=O) groups excluding carboxylic acids is 1. The van der Waals surface area contributed by atoms with E-state index in [9.17, 15) is 4.79 Å². The fourth-order valence-corrected chi connectivity index (χ4v) is 2.68. The molecular formula is C18H20N2O2. The minimum absolute atomic E-state index is 0.0593. The van der Waals surface area contributed by atoms with Crippen LogP contribution in [-0.4, -0.2) is 18.7 Å². The monoisotopic (exact) mass is 296 g/mol. The molecule has 3 rings (SSSR count). The molecule has 2 aromatic carbocycles. The van der Waals surface area contributed by atoms with Gasteiger partial charge in [-0.15, -0.1) is 0 Å². The lowest BCUT2D eigenvalue weighted by Crippen LogP contribution is -2.37. The van der Waals surface area contributed by atoms with Crippen LogP contribution in [0.4, 0.5) is 10.5 Å². The molecule has 0 bridgehead atoms. The number of hydrogen-bond acceptors (Lipinski definition) is 2. The van der Waals surface area contributed by atoms with E-state index in [1.165, 1.54) is 11.1 Å². The van der Waals surface area contributed by atoms with Gasteiger partial charge in [-0.25, -0.2) is 4.79 Å². The third-order valence-corrected chi connectivity index (χ3v) is 3.70. The zero-order valence-corrected chi connectivity index (χ0v) is 12.6. The summed E-state index contributed by atoms with van der Waals surface area (Å²) in [5, 5.41) is 5.79. The molecule has 0 radical (unpaired) electrons. The number of para-hydroxylation sites is 1. The number of rotatable bonds is 4. The van der Waals surface area contributed by atoms with E-state index in [4.69, 9.17) is 4.74 Å². The zero-order chi connectivity index (χ0) is 15.4. The van der Waals surface area contributed by atoms with Crippen LogP contribution in [0.3, 0.4) is 0 Å². The van der Waals surface area contributed by atoms with E-state index in [1.54, 1.807) is 0 Å². The first-order chi connectivity index (χ1) is 10.7. The molecule has 2 amide bonds. The predicted octanol–water partition coefficient (Wildman–Crippen LogP) is 3.37. The lowest BCUT2D eigenvalue weighted by molar-refractivity contribution is 0.249. The van der Waals surface area contributed by atoms with Gasteiger partial charge in [0, 0.05) is 18.2 Å². The van der Waals surface area contributed by atoms with Crippen molar-refractivity contribution in [1.82, 2.24) is 5.32 Å². The van der Waals surface area contributed by atoms with Crippen molar-refractivity contribution in [2.45, 2.75) is 25.8 Å². The summed E-state index contributed by atoms with van der Waals surface area (Å²) in [6.07, 6.45) is 1.77. The molecule has 2 aromatic rings. The summed E-state index contributed by atoms with van der Waals surface area (Å²) >= 11 is 0. The van der Waals surface area contributed by atoms with E-state index in [2.05, 4.69) is 22.8 Å². The number of hydrogen-bond donors (Lipinski definition) is 2. The van der Waals surface area contributed by atoms with Crippen molar-refractivity contribution < 1.29 is 9.53 Å². The Morgan fingerprint density at radius 3 is 2.86 bits per heavy atom. The Bertz CT molecular complexity index is 655. The zero-order valence-electron chi connectivity index (χ0n) is 12.6. The standard InChI is InChI=1S/C18H20N2O2/c1-13(19-18(21)20-16-5-3-2-4-6-16)11-14-7-8-17-15(12-14)9-10-22-17/h2-8,12-13H,9-11H2,1H3,(H2,19,20,21). The Balaban J connectivity index is 1.54. The molecule has 22 heavy (non-hydrogen) atoms. The molecule has 1 unspecified atom stereocenters.